The van der Waals surface area contributed by atoms with Crippen LogP contribution in [0.4, 0.5) is 10.5 Å². The van der Waals surface area contributed by atoms with Gasteiger partial charge in [-0.1, -0.05) is 18.2 Å². The first-order valence-electron chi connectivity index (χ1n) is 8.65. The molecule has 3 amide bonds. The molecule has 2 N–H and O–H groups in total. The van der Waals surface area contributed by atoms with Crippen LogP contribution in [0.1, 0.15) is 22.5 Å². The van der Waals surface area contributed by atoms with Crippen molar-refractivity contribution >= 4 is 29.3 Å². The minimum atomic E-state index is -0.319. The van der Waals surface area contributed by atoms with Crippen LogP contribution in [-0.4, -0.2) is 49.0 Å². The smallest absolute Gasteiger partial charge is 0.331 e. The minimum Gasteiger partial charge on any atom is -0.359 e. The molecule has 3 rings (SSSR count). The number of carbonyl (C=O) groups is 2. The summed E-state index contributed by atoms with van der Waals surface area (Å²) in [4.78, 5) is 32.0. The third kappa shape index (κ3) is 3.15. The van der Waals surface area contributed by atoms with Crippen LogP contribution in [0.15, 0.2) is 30.3 Å². The lowest BCUT2D eigenvalue weighted by Crippen LogP contribution is -2.44. The highest BCUT2D eigenvalue weighted by Crippen LogP contribution is 2.38. The Morgan fingerprint density at radius 3 is 2.69 bits per heavy atom. The first kappa shape index (κ1) is 17.9. The molecule has 2 aromatic rings. The van der Waals surface area contributed by atoms with Crippen LogP contribution < -0.4 is 10.2 Å². The van der Waals surface area contributed by atoms with Crippen molar-refractivity contribution in [1.82, 2.24) is 15.2 Å². The summed E-state index contributed by atoms with van der Waals surface area (Å²) in [6, 6.07) is 9.13. The van der Waals surface area contributed by atoms with Gasteiger partial charge in [-0.3, -0.25) is 4.79 Å². The molecule has 1 aromatic carbocycles. The monoisotopic (exact) mass is 352 g/mol. The number of aromatic nitrogens is 1. The molecule has 0 aliphatic carbocycles. The molecule has 2 heterocycles. The second kappa shape index (κ2) is 7.17. The van der Waals surface area contributed by atoms with Gasteiger partial charge in [0.05, 0.1) is 11.3 Å². The van der Waals surface area contributed by atoms with Gasteiger partial charge in [0.25, 0.3) is 5.91 Å². The number of likely N-dealkylation sites (N-methyl/N-ethyl adjacent to an activating group) is 2. The van der Waals surface area contributed by atoms with Gasteiger partial charge in [0, 0.05) is 37.1 Å². The number of H-pyrrole nitrogens is 1. The predicted octanol–water partition coefficient (Wildman–Crippen LogP) is 2.79. The number of nitrogens with one attached hydrogen (secondary N) is 2. The van der Waals surface area contributed by atoms with E-state index in [-0.39, 0.29) is 11.9 Å². The van der Waals surface area contributed by atoms with Gasteiger partial charge in [0.2, 0.25) is 0 Å². The molecule has 0 saturated heterocycles. The molecule has 26 heavy (non-hydrogen) atoms. The van der Waals surface area contributed by atoms with E-state index < -0.39 is 0 Å². The molecule has 0 atom stereocenters. The van der Waals surface area contributed by atoms with E-state index >= 15 is 0 Å². The van der Waals surface area contributed by atoms with E-state index in [1.807, 2.05) is 57.3 Å². The molecular formula is C20H24N4O2. The Morgan fingerprint density at radius 2 is 2.04 bits per heavy atom. The van der Waals surface area contributed by atoms with Crippen LogP contribution in [-0.2, 0) is 4.79 Å². The average molecular weight is 352 g/mol. The van der Waals surface area contributed by atoms with E-state index in [0.29, 0.717) is 24.4 Å². The third-order valence-electron chi connectivity index (χ3n) is 4.56. The van der Waals surface area contributed by atoms with E-state index in [1.54, 1.807) is 11.9 Å². The maximum atomic E-state index is 13.1. The first-order valence-corrected chi connectivity index (χ1v) is 8.65. The molecule has 0 spiro atoms. The SMILES string of the molecule is CNCCN(C)C(=O)N1C(=O)C(=Cc2[nH]c(C)cc2C)c2ccccc21. The Kier molecular flexibility index (Phi) is 4.95. The quantitative estimate of drug-likeness (QED) is 0.832. The van der Waals surface area contributed by atoms with Crippen LogP contribution >= 0.6 is 0 Å². The van der Waals surface area contributed by atoms with E-state index in [9.17, 15) is 9.59 Å². The molecule has 136 valence electrons. The van der Waals surface area contributed by atoms with Gasteiger partial charge >= 0.3 is 6.03 Å². The van der Waals surface area contributed by atoms with Gasteiger partial charge in [-0.2, -0.15) is 0 Å². The van der Waals surface area contributed by atoms with Crippen LogP contribution in [0, 0.1) is 13.8 Å². The Bertz CT molecular complexity index is 882. The fourth-order valence-corrected chi connectivity index (χ4v) is 3.16. The number of benzene rings is 1. The van der Waals surface area contributed by atoms with Crippen LogP contribution in [0.25, 0.3) is 11.6 Å². The second-order valence-corrected chi connectivity index (χ2v) is 6.57. The molecule has 1 aliphatic heterocycles. The summed E-state index contributed by atoms with van der Waals surface area (Å²) in [5.74, 6) is -0.292. The van der Waals surface area contributed by atoms with Gasteiger partial charge in [-0.25, -0.2) is 9.69 Å². The molecular weight excluding hydrogens is 328 g/mol. The maximum Gasteiger partial charge on any atom is 0.331 e. The van der Waals surface area contributed by atoms with Crippen molar-refractivity contribution in [2.75, 3.05) is 32.1 Å². The fourth-order valence-electron chi connectivity index (χ4n) is 3.16. The van der Waals surface area contributed by atoms with E-state index in [1.165, 1.54) is 4.90 Å². The van der Waals surface area contributed by atoms with E-state index in [2.05, 4.69) is 10.3 Å². The van der Waals surface area contributed by atoms with Crippen molar-refractivity contribution in [2.45, 2.75) is 13.8 Å². The molecule has 0 radical (unpaired) electrons. The van der Waals surface area contributed by atoms with Crippen LogP contribution in [0.3, 0.4) is 0 Å². The Hall–Kier alpha value is -2.86. The molecule has 0 bridgehead atoms. The lowest BCUT2D eigenvalue weighted by Gasteiger charge is -2.23. The highest BCUT2D eigenvalue weighted by atomic mass is 16.2. The summed E-state index contributed by atoms with van der Waals surface area (Å²) < 4.78 is 0. The summed E-state index contributed by atoms with van der Waals surface area (Å²) in [5.41, 5.74) is 4.92. The standard InChI is InChI=1S/C20H24N4O2/c1-13-11-14(2)22-17(13)12-16-15-7-5-6-8-18(15)24(19(16)25)20(26)23(4)10-9-21-3/h5-8,11-12,21-22H,9-10H2,1-4H3. The van der Waals surface area contributed by atoms with Crippen molar-refractivity contribution in [1.29, 1.82) is 0 Å². The van der Waals surface area contributed by atoms with Gasteiger partial charge in [-0.15, -0.1) is 0 Å². The van der Waals surface area contributed by atoms with Gasteiger partial charge in [0.1, 0.15) is 0 Å². The highest BCUT2D eigenvalue weighted by molar-refractivity contribution is 6.41. The average Bonchev–Trinajstić information content (AvgIpc) is 3.08. The van der Waals surface area contributed by atoms with Crippen molar-refractivity contribution in [2.24, 2.45) is 0 Å². The summed E-state index contributed by atoms with van der Waals surface area (Å²) in [5, 5.41) is 3.01. The van der Waals surface area contributed by atoms with Gasteiger partial charge < -0.3 is 15.2 Å². The van der Waals surface area contributed by atoms with Gasteiger partial charge in [0.15, 0.2) is 0 Å². The van der Waals surface area contributed by atoms with E-state index in [4.69, 9.17) is 0 Å². The molecule has 1 aromatic heterocycles. The Balaban J connectivity index is 2.01. The zero-order chi connectivity index (χ0) is 18.8. The topological polar surface area (TPSA) is 68.4 Å². The molecule has 0 fully saturated rings. The number of hydrogen-bond acceptors (Lipinski definition) is 3. The van der Waals surface area contributed by atoms with Gasteiger partial charge in [-0.05, 0) is 44.7 Å². The lowest BCUT2D eigenvalue weighted by atomic mass is 10.1. The zero-order valence-electron chi connectivity index (χ0n) is 15.6. The molecule has 0 saturated carbocycles. The predicted molar refractivity (Wildman–Crippen MR) is 104 cm³/mol. The number of anilines is 1. The number of amides is 3. The second-order valence-electron chi connectivity index (χ2n) is 6.57. The number of hydrogen-bond donors (Lipinski definition) is 2. The minimum absolute atomic E-state index is 0.292. The van der Waals surface area contributed by atoms with Crippen molar-refractivity contribution in [3.8, 4) is 0 Å². The lowest BCUT2D eigenvalue weighted by molar-refractivity contribution is -0.112. The fraction of sp³-hybridized carbons (Fsp3) is 0.300. The highest BCUT2D eigenvalue weighted by Gasteiger charge is 2.37. The Labute approximate surface area is 153 Å². The number of fused-ring (bicyclic) bond motifs is 1. The van der Waals surface area contributed by atoms with Crippen molar-refractivity contribution in [3.63, 3.8) is 0 Å². The van der Waals surface area contributed by atoms with Crippen molar-refractivity contribution in [3.05, 3.63) is 52.8 Å². The van der Waals surface area contributed by atoms with Crippen molar-refractivity contribution < 1.29 is 9.59 Å². The van der Waals surface area contributed by atoms with Crippen LogP contribution in [0.2, 0.25) is 0 Å². The number of aryl methyl sites for hydroxylation is 2. The summed E-state index contributed by atoms with van der Waals surface area (Å²) in [7, 11) is 3.53. The molecule has 6 heteroatoms. The zero-order valence-corrected chi connectivity index (χ0v) is 15.6. The first-order chi connectivity index (χ1) is 12.4. The third-order valence-corrected chi connectivity index (χ3v) is 4.56. The number of urea groups is 1. The normalized spacial score (nSPS) is 14.8. The van der Waals surface area contributed by atoms with Crippen LogP contribution in [0.5, 0.6) is 0 Å². The number of imide groups is 1. The number of nitrogens with zero attached hydrogens (tertiary/aromatic N) is 2. The molecule has 0 unspecified atom stereocenters. The molecule has 1 aliphatic rings. The summed E-state index contributed by atoms with van der Waals surface area (Å²) in [6.45, 7) is 5.16. The maximum absolute atomic E-state index is 13.1. The molecule has 6 nitrogen and oxygen atoms in total. The summed E-state index contributed by atoms with van der Waals surface area (Å²) >= 11 is 0. The Morgan fingerprint density at radius 1 is 1.31 bits per heavy atom. The largest absolute Gasteiger partial charge is 0.359 e. The summed E-state index contributed by atoms with van der Waals surface area (Å²) in [6.07, 6.45) is 1.84. The number of rotatable bonds is 4. The van der Waals surface area contributed by atoms with E-state index in [0.717, 1.165) is 22.5 Å². The number of carbonyl (C=O) groups excluding carboxylic acids is 2. The number of aromatic amines is 1. The number of para-hydroxylation sites is 1.